The van der Waals surface area contributed by atoms with Crippen molar-refractivity contribution in [3.8, 4) is 0 Å². The minimum atomic E-state index is 0.183. The van der Waals surface area contributed by atoms with Crippen molar-refractivity contribution in [3.05, 3.63) is 34.5 Å². The summed E-state index contributed by atoms with van der Waals surface area (Å²) in [6, 6.07) is 4.00. The Bertz CT molecular complexity index is 299. The number of rotatable bonds is 4. The fourth-order valence-corrected chi connectivity index (χ4v) is 2.00. The third-order valence-electron chi connectivity index (χ3n) is 1.79. The molecule has 0 spiro atoms. The van der Waals surface area contributed by atoms with Gasteiger partial charge in [0.05, 0.1) is 4.88 Å². The van der Waals surface area contributed by atoms with Gasteiger partial charge in [-0.1, -0.05) is 19.4 Å². The highest BCUT2D eigenvalue weighted by atomic mass is 32.1. The van der Waals surface area contributed by atoms with Crippen molar-refractivity contribution in [1.29, 1.82) is 0 Å². The van der Waals surface area contributed by atoms with Crippen LogP contribution in [0.15, 0.2) is 24.8 Å². The van der Waals surface area contributed by atoms with E-state index in [0.29, 0.717) is 0 Å². The van der Waals surface area contributed by atoms with Crippen molar-refractivity contribution < 1.29 is 4.79 Å². The smallest absolute Gasteiger partial charge is 0.169 e. The Morgan fingerprint density at radius 2 is 2.13 bits per heavy atom. The zero-order chi connectivity index (χ0) is 11.7. The van der Waals surface area contributed by atoms with E-state index in [4.69, 9.17) is 0 Å². The van der Waals surface area contributed by atoms with Gasteiger partial charge in [-0.3, -0.25) is 4.79 Å². The number of aryl methyl sites for hydroxylation is 1. The predicted octanol–water partition coefficient (Wildman–Crippen LogP) is 4.49. The molecule has 15 heavy (non-hydrogen) atoms. The van der Waals surface area contributed by atoms with E-state index in [2.05, 4.69) is 19.6 Å². The second kappa shape index (κ2) is 8.42. The van der Waals surface area contributed by atoms with Crippen LogP contribution in [0.2, 0.25) is 0 Å². The molecule has 1 nitrogen and oxygen atoms in total. The molecule has 0 aliphatic carbocycles. The maximum Gasteiger partial charge on any atom is 0.169 e. The van der Waals surface area contributed by atoms with Crippen LogP contribution in [0.1, 0.15) is 48.2 Å². The number of ketones is 1. The predicted molar refractivity (Wildman–Crippen MR) is 68.8 cm³/mol. The summed E-state index contributed by atoms with van der Waals surface area (Å²) in [4.78, 5) is 13.2. The first-order valence-corrected chi connectivity index (χ1v) is 6.14. The molecule has 0 aliphatic rings. The molecule has 0 radical (unpaired) electrons. The van der Waals surface area contributed by atoms with Crippen LogP contribution in [0.5, 0.6) is 0 Å². The number of thiophene rings is 1. The highest BCUT2D eigenvalue weighted by Gasteiger charge is 2.02. The number of allylic oxidation sites excluding steroid dienone is 1. The van der Waals surface area contributed by atoms with E-state index in [1.54, 1.807) is 24.3 Å². The first kappa shape index (κ1) is 14.1. The van der Waals surface area contributed by atoms with Gasteiger partial charge in [0, 0.05) is 4.88 Å². The molecule has 1 rings (SSSR count). The van der Waals surface area contributed by atoms with Crippen molar-refractivity contribution in [2.75, 3.05) is 0 Å². The third-order valence-corrected chi connectivity index (χ3v) is 3.03. The monoisotopic (exact) mass is 224 g/mol. The van der Waals surface area contributed by atoms with Crippen LogP contribution in [-0.2, 0) is 6.42 Å². The summed E-state index contributed by atoms with van der Waals surface area (Å²) in [7, 11) is 0. The highest BCUT2D eigenvalue weighted by Crippen LogP contribution is 2.18. The van der Waals surface area contributed by atoms with Gasteiger partial charge < -0.3 is 0 Å². The van der Waals surface area contributed by atoms with Crippen LogP contribution in [-0.4, -0.2) is 5.78 Å². The molecule has 0 N–H and O–H groups in total. The molecule has 2 heteroatoms. The molecule has 0 unspecified atom stereocenters. The largest absolute Gasteiger partial charge is 0.294 e. The van der Waals surface area contributed by atoms with Crippen LogP contribution >= 0.6 is 11.3 Å². The topological polar surface area (TPSA) is 17.1 Å². The molecule has 1 aromatic heterocycles. The van der Waals surface area contributed by atoms with Gasteiger partial charge in [-0.25, -0.2) is 0 Å². The van der Waals surface area contributed by atoms with Gasteiger partial charge in [-0.2, -0.15) is 0 Å². The van der Waals surface area contributed by atoms with E-state index < -0.39 is 0 Å². The molecule has 0 atom stereocenters. The molecule has 0 bridgehead atoms. The molecule has 0 saturated carbocycles. The maximum atomic E-state index is 10.9. The lowest BCUT2D eigenvalue weighted by molar-refractivity contribution is 0.102. The van der Waals surface area contributed by atoms with Crippen LogP contribution in [0.25, 0.3) is 0 Å². The average molecular weight is 224 g/mol. The minimum absolute atomic E-state index is 0.183. The van der Waals surface area contributed by atoms with Gasteiger partial charge in [0.1, 0.15) is 0 Å². The lowest BCUT2D eigenvalue weighted by Crippen LogP contribution is -1.83. The molecule has 1 aromatic rings. The third kappa shape index (κ3) is 6.24. The van der Waals surface area contributed by atoms with Crippen molar-refractivity contribution in [2.45, 2.75) is 40.0 Å². The fraction of sp³-hybridized carbons (Fsp3) is 0.462. The number of unbranched alkanes of at least 4 members (excludes halogenated alkanes) is 1. The number of Topliss-reactive ketones (excluding diaryl/α,β-unsaturated/α-hetero) is 1. The van der Waals surface area contributed by atoms with E-state index in [-0.39, 0.29) is 5.78 Å². The molecule has 0 amide bonds. The van der Waals surface area contributed by atoms with Crippen molar-refractivity contribution >= 4 is 17.1 Å². The Hall–Kier alpha value is -0.890. The Kier molecular flexibility index (Phi) is 7.92. The van der Waals surface area contributed by atoms with Crippen LogP contribution in [0.3, 0.4) is 0 Å². The Morgan fingerprint density at radius 1 is 1.53 bits per heavy atom. The summed E-state index contributed by atoms with van der Waals surface area (Å²) in [6.07, 6.45) is 5.31. The SMILES string of the molecule is C=CC.CCCCc1ccc(C(C)=O)s1. The summed E-state index contributed by atoms with van der Waals surface area (Å²) in [5, 5.41) is 0. The summed E-state index contributed by atoms with van der Waals surface area (Å²) < 4.78 is 0. The van der Waals surface area contributed by atoms with Crippen molar-refractivity contribution in [3.63, 3.8) is 0 Å². The van der Waals surface area contributed by atoms with E-state index in [1.165, 1.54) is 17.7 Å². The standard InChI is InChI=1S/C10H14OS.C3H6/c1-3-4-5-9-6-7-10(12-9)8(2)11;1-3-2/h6-7H,3-5H2,1-2H3;3H,1H2,2H3. The van der Waals surface area contributed by atoms with Crippen molar-refractivity contribution in [1.82, 2.24) is 0 Å². The zero-order valence-electron chi connectivity index (χ0n) is 9.88. The molecule has 0 aliphatic heterocycles. The molecular formula is C13H20OS. The summed E-state index contributed by atoms with van der Waals surface area (Å²) >= 11 is 1.63. The van der Waals surface area contributed by atoms with Crippen molar-refractivity contribution in [2.24, 2.45) is 0 Å². The number of hydrogen-bond donors (Lipinski definition) is 0. The minimum Gasteiger partial charge on any atom is -0.294 e. The number of carbonyl (C=O) groups excluding carboxylic acids is 1. The number of carbonyl (C=O) groups is 1. The van der Waals surface area contributed by atoms with E-state index >= 15 is 0 Å². The van der Waals surface area contributed by atoms with Crippen LogP contribution in [0, 0.1) is 0 Å². The summed E-state index contributed by atoms with van der Waals surface area (Å²) in [5.74, 6) is 0.183. The second-order valence-corrected chi connectivity index (χ2v) is 4.50. The Labute approximate surface area is 96.8 Å². The lowest BCUT2D eigenvalue weighted by atomic mass is 10.2. The normalized spacial score (nSPS) is 9.00. The molecule has 0 aromatic carbocycles. The molecule has 0 fully saturated rings. The van der Waals surface area contributed by atoms with E-state index in [9.17, 15) is 4.79 Å². The van der Waals surface area contributed by atoms with Crippen LogP contribution < -0.4 is 0 Å². The summed E-state index contributed by atoms with van der Waals surface area (Å²) in [5.41, 5.74) is 0. The van der Waals surface area contributed by atoms with Gasteiger partial charge in [0.15, 0.2) is 5.78 Å². The van der Waals surface area contributed by atoms with Gasteiger partial charge in [0.2, 0.25) is 0 Å². The molecular weight excluding hydrogens is 204 g/mol. The van der Waals surface area contributed by atoms with Gasteiger partial charge in [-0.05, 0) is 38.8 Å². The first-order chi connectivity index (χ1) is 7.15. The second-order valence-electron chi connectivity index (χ2n) is 3.33. The van der Waals surface area contributed by atoms with E-state index in [1.807, 2.05) is 13.0 Å². The van der Waals surface area contributed by atoms with Gasteiger partial charge >= 0.3 is 0 Å². The zero-order valence-corrected chi connectivity index (χ0v) is 10.7. The van der Waals surface area contributed by atoms with Crippen LogP contribution in [0.4, 0.5) is 0 Å². The molecule has 0 saturated heterocycles. The Balaban J connectivity index is 0.000000583. The van der Waals surface area contributed by atoms with Gasteiger partial charge in [-0.15, -0.1) is 17.9 Å². The van der Waals surface area contributed by atoms with E-state index in [0.717, 1.165) is 11.3 Å². The maximum absolute atomic E-state index is 10.9. The quantitative estimate of drug-likeness (QED) is 0.544. The lowest BCUT2D eigenvalue weighted by Gasteiger charge is -1.91. The average Bonchev–Trinajstić information content (AvgIpc) is 2.64. The summed E-state index contributed by atoms with van der Waals surface area (Å²) in [6.45, 7) is 9.05. The number of hydrogen-bond acceptors (Lipinski definition) is 2. The first-order valence-electron chi connectivity index (χ1n) is 5.32. The molecule has 84 valence electrons. The molecule has 1 heterocycles. The fourth-order valence-electron chi connectivity index (χ4n) is 1.05. The Morgan fingerprint density at radius 3 is 2.53 bits per heavy atom. The highest BCUT2D eigenvalue weighted by molar-refractivity contribution is 7.14. The van der Waals surface area contributed by atoms with Gasteiger partial charge in [0.25, 0.3) is 0 Å².